The van der Waals surface area contributed by atoms with Gasteiger partial charge in [-0.05, 0) is 26.2 Å². The molecule has 4 rings (SSSR count). The van der Waals surface area contributed by atoms with Crippen molar-refractivity contribution in [1.29, 1.82) is 0 Å². The van der Waals surface area contributed by atoms with Crippen LogP contribution in [-0.2, 0) is 20.5 Å². The highest BCUT2D eigenvalue weighted by Gasteiger charge is 2.59. The molecule has 1 spiro atoms. The summed E-state index contributed by atoms with van der Waals surface area (Å²) in [5.41, 5.74) is 0.693. The number of aliphatic imine (C=N–C) groups is 1. The number of halogens is 1. The van der Waals surface area contributed by atoms with Crippen LogP contribution in [0.25, 0.3) is 0 Å². The number of guanidine groups is 1. The van der Waals surface area contributed by atoms with E-state index in [9.17, 15) is 8.42 Å². The van der Waals surface area contributed by atoms with Crippen LogP contribution in [0.3, 0.4) is 0 Å². The molecule has 2 heterocycles. The van der Waals surface area contributed by atoms with Crippen molar-refractivity contribution in [2.45, 2.75) is 50.5 Å². The van der Waals surface area contributed by atoms with Gasteiger partial charge in [0.25, 0.3) is 0 Å². The predicted molar refractivity (Wildman–Crippen MR) is 124 cm³/mol. The zero-order valence-electron chi connectivity index (χ0n) is 17.6. The van der Waals surface area contributed by atoms with E-state index in [1.54, 1.807) is 13.1 Å². The van der Waals surface area contributed by atoms with Crippen LogP contribution in [-0.4, -0.2) is 80.7 Å². The average Bonchev–Trinajstić information content (AvgIpc) is 3.15. The summed E-state index contributed by atoms with van der Waals surface area (Å²) < 4.78 is 37.5. The van der Waals surface area contributed by atoms with Crippen LogP contribution in [0.5, 0.6) is 0 Å². The Kier molecular flexibility index (Phi) is 7.67. The quantitative estimate of drug-likeness (QED) is 0.325. The molecule has 1 aromatic rings. The van der Waals surface area contributed by atoms with E-state index in [-0.39, 0.29) is 35.1 Å². The molecule has 0 amide bonds. The Morgan fingerprint density at radius 2 is 2.10 bits per heavy atom. The molecule has 0 bridgehead atoms. The Bertz CT molecular complexity index is 820. The first-order valence-corrected chi connectivity index (χ1v) is 12.1. The summed E-state index contributed by atoms with van der Waals surface area (Å²) in [6.45, 7) is 4.94. The minimum atomic E-state index is -3.40. The fourth-order valence-corrected chi connectivity index (χ4v) is 6.29. The standard InChI is InChI=1S/C19H31N5O4S.HI/c1-3-27-17-13-16(19(17)6-4-7-19)21-18(20-2)23-8-10-24(11-9-23)29(25,26)14-15-5-12-28-22-15;/h5,12,16-17H,3-4,6-11,13-14H2,1-2H3,(H,20,21);1H. The van der Waals surface area contributed by atoms with Crippen molar-refractivity contribution in [3.8, 4) is 0 Å². The number of ether oxygens (including phenoxy) is 1. The third kappa shape index (κ3) is 4.49. The van der Waals surface area contributed by atoms with Gasteiger partial charge >= 0.3 is 0 Å². The molecule has 3 aliphatic rings. The number of rotatable bonds is 6. The van der Waals surface area contributed by atoms with Gasteiger partial charge in [-0.15, -0.1) is 24.0 Å². The lowest BCUT2D eigenvalue weighted by Crippen LogP contribution is -2.69. The third-order valence-electron chi connectivity index (χ3n) is 6.71. The van der Waals surface area contributed by atoms with Gasteiger partial charge in [0, 0.05) is 57.4 Å². The molecule has 2 aliphatic carbocycles. The molecule has 1 aromatic heterocycles. The number of aromatic nitrogens is 1. The zero-order chi connectivity index (χ0) is 20.5. The second-order valence-corrected chi connectivity index (χ2v) is 10.1. The largest absolute Gasteiger partial charge is 0.378 e. The lowest BCUT2D eigenvalue weighted by atomic mass is 9.51. The van der Waals surface area contributed by atoms with Crippen molar-refractivity contribution in [2.24, 2.45) is 10.4 Å². The molecule has 11 heteroatoms. The molecule has 9 nitrogen and oxygen atoms in total. The predicted octanol–water partition coefficient (Wildman–Crippen LogP) is 1.66. The minimum Gasteiger partial charge on any atom is -0.378 e. The van der Waals surface area contributed by atoms with E-state index in [4.69, 9.17) is 9.26 Å². The summed E-state index contributed by atoms with van der Waals surface area (Å²) in [4.78, 5) is 6.63. The summed E-state index contributed by atoms with van der Waals surface area (Å²) in [6.07, 6.45) is 6.45. The summed E-state index contributed by atoms with van der Waals surface area (Å²) in [7, 11) is -1.60. The maximum absolute atomic E-state index is 12.6. The molecular weight excluding hydrogens is 521 g/mol. The van der Waals surface area contributed by atoms with E-state index >= 15 is 0 Å². The van der Waals surface area contributed by atoms with Gasteiger partial charge in [0.05, 0.1) is 11.8 Å². The van der Waals surface area contributed by atoms with Crippen molar-refractivity contribution < 1.29 is 17.7 Å². The smallest absolute Gasteiger partial charge is 0.220 e. The number of nitrogens with one attached hydrogen (secondary N) is 1. The second kappa shape index (κ2) is 9.70. The maximum Gasteiger partial charge on any atom is 0.220 e. The summed E-state index contributed by atoms with van der Waals surface area (Å²) >= 11 is 0. The van der Waals surface area contributed by atoms with Gasteiger partial charge in [-0.2, -0.15) is 4.31 Å². The van der Waals surface area contributed by atoms with Crippen molar-refractivity contribution in [1.82, 2.24) is 19.7 Å². The zero-order valence-corrected chi connectivity index (χ0v) is 20.8. The van der Waals surface area contributed by atoms with Crippen LogP contribution >= 0.6 is 24.0 Å². The number of nitrogens with zero attached hydrogens (tertiary/aromatic N) is 4. The molecule has 1 aliphatic heterocycles. The first kappa shape index (κ1) is 23.7. The van der Waals surface area contributed by atoms with Crippen LogP contribution in [0, 0.1) is 5.41 Å². The first-order chi connectivity index (χ1) is 14.0. The van der Waals surface area contributed by atoms with Gasteiger partial charge in [0.1, 0.15) is 12.0 Å². The van der Waals surface area contributed by atoms with Crippen molar-refractivity contribution in [3.63, 3.8) is 0 Å². The molecule has 2 saturated carbocycles. The molecule has 170 valence electrons. The number of piperazine rings is 1. The Balaban J connectivity index is 0.00000256. The molecule has 30 heavy (non-hydrogen) atoms. The summed E-state index contributed by atoms with van der Waals surface area (Å²) in [6, 6.07) is 1.98. The molecule has 0 radical (unpaired) electrons. The SMILES string of the molecule is CCOC1CC(NC(=NC)N2CCN(S(=O)(=O)Cc3ccon3)CC2)C12CCC2.I. The van der Waals surface area contributed by atoms with Gasteiger partial charge in [0.2, 0.25) is 10.0 Å². The van der Waals surface area contributed by atoms with Crippen molar-refractivity contribution in [3.05, 3.63) is 18.0 Å². The van der Waals surface area contributed by atoms with Crippen LogP contribution in [0.2, 0.25) is 0 Å². The van der Waals surface area contributed by atoms with E-state index in [1.807, 2.05) is 0 Å². The third-order valence-corrected chi connectivity index (χ3v) is 8.52. The molecule has 2 unspecified atom stereocenters. The molecular formula is C19H32IN5O4S. The molecule has 0 aromatic carbocycles. The van der Waals surface area contributed by atoms with Crippen LogP contribution in [0.1, 0.15) is 38.3 Å². The summed E-state index contributed by atoms with van der Waals surface area (Å²) in [5.74, 6) is 0.740. The van der Waals surface area contributed by atoms with E-state index in [0.717, 1.165) is 19.0 Å². The number of hydrogen-bond acceptors (Lipinski definition) is 6. The first-order valence-electron chi connectivity index (χ1n) is 10.5. The Morgan fingerprint density at radius 1 is 1.37 bits per heavy atom. The Hall–Kier alpha value is -0.920. The van der Waals surface area contributed by atoms with Gasteiger partial charge in [-0.25, -0.2) is 8.42 Å². The summed E-state index contributed by atoms with van der Waals surface area (Å²) in [5, 5.41) is 7.37. The topological polar surface area (TPSA) is 100 Å². The van der Waals surface area contributed by atoms with Gasteiger partial charge in [-0.1, -0.05) is 11.6 Å². The fraction of sp³-hybridized carbons (Fsp3) is 0.789. The van der Waals surface area contributed by atoms with Crippen LogP contribution < -0.4 is 5.32 Å². The highest BCUT2D eigenvalue weighted by atomic mass is 127. The van der Waals surface area contributed by atoms with Gasteiger partial charge < -0.3 is 19.5 Å². The Morgan fingerprint density at radius 3 is 2.63 bits per heavy atom. The van der Waals surface area contributed by atoms with Crippen LogP contribution in [0.4, 0.5) is 0 Å². The van der Waals surface area contributed by atoms with Crippen molar-refractivity contribution >= 4 is 40.0 Å². The molecule has 2 atom stereocenters. The minimum absolute atomic E-state index is 0. The maximum atomic E-state index is 12.6. The van der Waals surface area contributed by atoms with E-state index in [1.165, 1.54) is 29.8 Å². The van der Waals surface area contributed by atoms with E-state index in [2.05, 4.69) is 27.3 Å². The average molecular weight is 553 g/mol. The highest BCUT2D eigenvalue weighted by Crippen LogP contribution is 2.57. The monoisotopic (exact) mass is 553 g/mol. The fourth-order valence-electron chi connectivity index (χ4n) is 4.86. The van der Waals surface area contributed by atoms with Crippen molar-refractivity contribution in [2.75, 3.05) is 39.8 Å². The lowest BCUT2D eigenvalue weighted by molar-refractivity contribution is -0.169. The highest BCUT2D eigenvalue weighted by molar-refractivity contribution is 14.0. The Labute approximate surface area is 195 Å². The lowest BCUT2D eigenvalue weighted by Gasteiger charge is -2.61. The molecule has 1 N–H and O–H groups in total. The normalized spacial score (nSPS) is 26.6. The van der Waals surface area contributed by atoms with E-state index < -0.39 is 10.0 Å². The van der Waals surface area contributed by atoms with Gasteiger partial charge in [0.15, 0.2) is 5.96 Å². The molecule has 1 saturated heterocycles. The number of sulfonamides is 1. The second-order valence-electron chi connectivity index (χ2n) is 8.14. The van der Waals surface area contributed by atoms with E-state index in [0.29, 0.717) is 44.0 Å². The molecule has 3 fully saturated rings. The number of hydrogen-bond donors (Lipinski definition) is 1. The van der Waals surface area contributed by atoms with Gasteiger partial charge in [-0.3, -0.25) is 4.99 Å². The van der Waals surface area contributed by atoms with Crippen LogP contribution in [0.15, 0.2) is 21.8 Å².